The number of allylic oxidation sites excluding steroid dienone is 1. The van der Waals surface area contributed by atoms with Crippen molar-refractivity contribution in [3.63, 3.8) is 0 Å². The van der Waals surface area contributed by atoms with Gasteiger partial charge in [-0.3, -0.25) is 0 Å². The van der Waals surface area contributed by atoms with E-state index >= 15 is 0 Å². The minimum absolute atomic E-state index is 0.530. The van der Waals surface area contributed by atoms with Crippen LogP contribution in [0.4, 0.5) is 0 Å². The molecule has 0 fully saturated rings. The molecule has 0 aromatic rings. The molecule has 0 spiro atoms. The third kappa shape index (κ3) is 13.5. The van der Waals surface area contributed by atoms with Gasteiger partial charge in [-0.15, -0.1) is 6.58 Å². The van der Waals surface area contributed by atoms with Gasteiger partial charge in [0.2, 0.25) is 0 Å². The number of ether oxygens (including phenoxy) is 2. The monoisotopic (exact) mass is 330 g/mol. The molecular formula is C18H38O3Si. The Labute approximate surface area is 140 Å². The average molecular weight is 331 g/mol. The fourth-order valence-electron chi connectivity index (χ4n) is 2.44. The predicted octanol–water partition coefficient (Wildman–Crippen LogP) is 4.95. The van der Waals surface area contributed by atoms with Crippen LogP contribution in [-0.2, 0) is 13.9 Å². The molecule has 0 N–H and O–H groups in total. The topological polar surface area (TPSA) is 27.7 Å². The van der Waals surface area contributed by atoms with Crippen molar-refractivity contribution in [1.82, 2.24) is 0 Å². The van der Waals surface area contributed by atoms with Gasteiger partial charge >= 0.3 is 0 Å². The maximum absolute atomic E-state index is 5.72. The molecular weight excluding hydrogens is 292 g/mol. The highest BCUT2D eigenvalue weighted by Crippen LogP contribution is 2.14. The minimum atomic E-state index is -0.822. The zero-order valence-corrected chi connectivity index (χ0v) is 16.6. The van der Waals surface area contributed by atoms with E-state index in [0.29, 0.717) is 0 Å². The standard InChI is InChI=1S/C18H38O3Si/c1-5-6-7-8-9-10-11-12-13-14-15-16-17-22-21-18(2,19-3)20-4/h5H,1,6-17,22H2,2-4H3. The Hall–Kier alpha value is -0.163. The van der Waals surface area contributed by atoms with Gasteiger partial charge in [0.05, 0.1) is 0 Å². The Balaban J connectivity index is 3.16. The number of rotatable bonds is 17. The van der Waals surface area contributed by atoms with Crippen molar-refractivity contribution in [1.29, 1.82) is 0 Å². The van der Waals surface area contributed by atoms with Crippen molar-refractivity contribution >= 4 is 9.76 Å². The zero-order valence-electron chi connectivity index (χ0n) is 15.2. The van der Waals surface area contributed by atoms with Crippen LogP contribution in [0.2, 0.25) is 6.04 Å². The first-order valence-electron chi connectivity index (χ1n) is 9.03. The number of unbranched alkanes of at least 4 members (excludes halogenated alkanes) is 10. The summed E-state index contributed by atoms with van der Waals surface area (Å²) < 4.78 is 16.1. The van der Waals surface area contributed by atoms with Crippen LogP contribution in [0.15, 0.2) is 12.7 Å². The van der Waals surface area contributed by atoms with Crippen molar-refractivity contribution in [2.24, 2.45) is 0 Å². The summed E-state index contributed by atoms with van der Waals surface area (Å²) in [5.41, 5.74) is 0. The van der Waals surface area contributed by atoms with Crippen molar-refractivity contribution in [2.75, 3.05) is 14.2 Å². The summed E-state index contributed by atoms with van der Waals surface area (Å²) in [6, 6.07) is 1.21. The van der Waals surface area contributed by atoms with Crippen LogP contribution < -0.4 is 0 Å². The van der Waals surface area contributed by atoms with E-state index in [1.54, 1.807) is 14.2 Å². The van der Waals surface area contributed by atoms with E-state index in [4.69, 9.17) is 13.9 Å². The van der Waals surface area contributed by atoms with Gasteiger partial charge in [-0.05, 0) is 18.9 Å². The van der Waals surface area contributed by atoms with Crippen molar-refractivity contribution < 1.29 is 13.9 Å². The van der Waals surface area contributed by atoms with Crippen LogP contribution in [0.3, 0.4) is 0 Å². The third-order valence-corrected chi connectivity index (χ3v) is 5.68. The molecule has 0 atom stereocenters. The van der Waals surface area contributed by atoms with E-state index in [-0.39, 0.29) is 0 Å². The molecule has 0 saturated carbocycles. The smallest absolute Gasteiger partial charge is 0.269 e. The zero-order chi connectivity index (χ0) is 16.5. The van der Waals surface area contributed by atoms with E-state index in [9.17, 15) is 0 Å². The van der Waals surface area contributed by atoms with Crippen LogP contribution in [0, 0.1) is 0 Å². The second-order valence-electron chi connectivity index (χ2n) is 6.09. The summed E-state index contributed by atoms with van der Waals surface area (Å²) in [5.74, 6) is -0.822. The molecule has 22 heavy (non-hydrogen) atoms. The van der Waals surface area contributed by atoms with E-state index in [1.807, 2.05) is 13.0 Å². The molecule has 0 unspecified atom stereocenters. The van der Waals surface area contributed by atoms with Gasteiger partial charge < -0.3 is 13.9 Å². The highest BCUT2D eigenvalue weighted by molar-refractivity contribution is 6.27. The van der Waals surface area contributed by atoms with Crippen LogP contribution in [-0.4, -0.2) is 30.0 Å². The molecule has 0 aromatic carbocycles. The van der Waals surface area contributed by atoms with Crippen molar-refractivity contribution in [3.05, 3.63) is 12.7 Å². The molecule has 0 amide bonds. The Bertz CT molecular complexity index is 242. The maximum atomic E-state index is 5.72. The molecule has 4 heteroatoms. The van der Waals surface area contributed by atoms with Crippen LogP contribution >= 0.6 is 0 Å². The summed E-state index contributed by atoms with van der Waals surface area (Å²) in [6.45, 7) is 5.59. The lowest BCUT2D eigenvalue weighted by atomic mass is 10.1. The molecule has 0 radical (unpaired) electrons. The number of hydrogen-bond donors (Lipinski definition) is 0. The molecule has 0 aliphatic heterocycles. The highest BCUT2D eigenvalue weighted by Gasteiger charge is 2.22. The molecule has 132 valence electrons. The van der Waals surface area contributed by atoms with Gasteiger partial charge in [0.15, 0.2) is 9.76 Å². The lowest BCUT2D eigenvalue weighted by Gasteiger charge is -2.26. The van der Waals surface area contributed by atoms with Gasteiger partial charge in [-0.1, -0.05) is 63.9 Å². The van der Waals surface area contributed by atoms with Crippen molar-refractivity contribution in [3.8, 4) is 0 Å². The predicted molar refractivity (Wildman–Crippen MR) is 97.8 cm³/mol. The van der Waals surface area contributed by atoms with Crippen LogP contribution in [0.1, 0.15) is 77.6 Å². The highest BCUT2D eigenvalue weighted by atomic mass is 28.2. The summed E-state index contributed by atoms with van der Waals surface area (Å²) >= 11 is 0. The molecule has 0 rings (SSSR count). The molecule has 0 heterocycles. The second kappa shape index (κ2) is 15.7. The molecule has 0 bridgehead atoms. The Morgan fingerprint density at radius 2 is 1.27 bits per heavy atom. The van der Waals surface area contributed by atoms with Gasteiger partial charge in [0.25, 0.3) is 5.97 Å². The molecule has 0 aliphatic carbocycles. The van der Waals surface area contributed by atoms with Crippen LogP contribution in [0.5, 0.6) is 0 Å². The lowest BCUT2D eigenvalue weighted by Crippen LogP contribution is -2.34. The van der Waals surface area contributed by atoms with E-state index in [2.05, 4.69) is 6.58 Å². The van der Waals surface area contributed by atoms with Crippen molar-refractivity contribution in [2.45, 2.75) is 89.6 Å². The lowest BCUT2D eigenvalue weighted by molar-refractivity contribution is -0.310. The normalized spacial score (nSPS) is 12.3. The first-order valence-corrected chi connectivity index (χ1v) is 10.6. The van der Waals surface area contributed by atoms with E-state index in [0.717, 1.165) is 0 Å². The van der Waals surface area contributed by atoms with Gasteiger partial charge in [0, 0.05) is 21.1 Å². The van der Waals surface area contributed by atoms with Crippen LogP contribution in [0.25, 0.3) is 0 Å². The Kier molecular flexibility index (Phi) is 15.6. The fourth-order valence-corrected chi connectivity index (χ4v) is 3.75. The fraction of sp³-hybridized carbons (Fsp3) is 0.889. The maximum Gasteiger partial charge on any atom is 0.269 e. The summed E-state index contributed by atoms with van der Waals surface area (Å²) in [6.07, 6.45) is 16.9. The number of hydrogen-bond acceptors (Lipinski definition) is 3. The molecule has 0 saturated heterocycles. The summed E-state index contributed by atoms with van der Waals surface area (Å²) in [4.78, 5) is 0. The number of methoxy groups -OCH3 is 2. The average Bonchev–Trinajstić information content (AvgIpc) is 2.55. The summed E-state index contributed by atoms with van der Waals surface area (Å²) in [7, 11) is 2.71. The van der Waals surface area contributed by atoms with Gasteiger partial charge in [-0.2, -0.15) is 0 Å². The van der Waals surface area contributed by atoms with E-state index < -0.39 is 15.7 Å². The van der Waals surface area contributed by atoms with E-state index in [1.165, 1.54) is 76.7 Å². The molecule has 0 aromatic heterocycles. The minimum Gasteiger partial charge on any atom is -0.376 e. The Morgan fingerprint density at radius 3 is 1.73 bits per heavy atom. The Morgan fingerprint density at radius 1 is 0.818 bits per heavy atom. The SMILES string of the molecule is C=CCCCCCCCCCCCC[SiH2]OC(C)(OC)OC. The summed E-state index contributed by atoms with van der Waals surface area (Å²) in [5, 5.41) is 0. The largest absolute Gasteiger partial charge is 0.376 e. The first-order chi connectivity index (χ1) is 10.7. The molecule has 3 nitrogen and oxygen atoms in total. The third-order valence-electron chi connectivity index (χ3n) is 4.16. The van der Waals surface area contributed by atoms with Gasteiger partial charge in [-0.25, -0.2) is 0 Å². The second-order valence-corrected chi connectivity index (χ2v) is 7.49. The quantitative estimate of drug-likeness (QED) is 0.163. The molecule has 0 aliphatic rings. The first kappa shape index (κ1) is 21.8. The van der Waals surface area contributed by atoms with Gasteiger partial charge in [0.1, 0.15) is 0 Å².